The number of hydrogen-bond acceptors (Lipinski definition) is 4. The minimum atomic E-state index is -0.227. The molecule has 0 heterocycles. The fourth-order valence-corrected chi connectivity index (χ4v) is 1.54. The molecule has 17 heavy (non-hydrogen) atoms. The highest BCUT2D eigenvalue weighted by molar-refractivity contribution is 6.32. The van der Waals surface area contributed by atoms with E-state index in [2.05, 4.69) is 5.32 Å². The number of phenolic OH excluding ortho intramolecular Hbond substituents is 1. The summed E-state index contributed by atoms with van der Waals surface area (Å²) < 4.78 is 4.79. The molecule has 0 spiro atoms. The molecule has 1 rings (SSSR count). The van der Waals surface area contributed by atoms with Gasteiger partial charge >= 0.3 is 5.97 Å². The molecule has 0 unspecified atom stereocenters. The van der Waals surface area contributed by atoms with Crippen LogP contribution in [0.25, 0.3) is 0 Å². The molecule has 0 fully saturated rings. The van der Waals surface area contributed by atoms with Crippen LogP contribution in [0.15, 0.2) is 18.2 Å². The Balaban J connectivity index is 2.31. The molecule has 94 valence electrons. The highest BCUT2D eigenvalue weighted by atomic mass is 35.5. The maximum atomic E-state index is 11.0. The van der Waals surface area contributed by atoms with Crippen LogP contribution in [0.3, 0.4) is 0 Å². The van der Waals surface area contributed by atoms with Gasteiger partial charge in [0.05, 0.1) is 18.1 Å². The van der Waals surface area contributed by atoms with Crippen LogP contribution in [0.2, 0.25) is 5.02 Å². The van der Waals surface area contributed by atoms with Crippen molar-refractivity contribution in [3.8, 4) is 5.75 Å². The van der Waals surface area contributed by atoms with E-state index in [-0.39, 0.29) is 11.7 Å². The van der Waals surface area contributed by atoms with Gasteiger partial charge in [-0.05, 0) is 13.0 Å². The van der Waals surface area contributed by atoms with Gasteiger partial charge < -0.3 is 15.2 Å². The Kier molecular flexibility index (Phi) is 5.80. The van der Waals surface area contributed by atoms with Crippen LogP contribution in [0, 0.1) is 0 Å². The Bertz CT molecular complexity index is 382. The number of carbonyl (C=O) groups is 1. The summed E-state index contributed by atoms with van der Waals surface area (Å²) in [6.07, 6.45) is 0.315. The zero-order valence-corrected chi connectivity index (χ0v) is 10.5. The summed E-state index contributed by atoms with van der Waals surface area (Å²) in [4.78, 5) is 11.0. The number of esters is 1. The summed E-state index contributed by atoms with van der Waals surface area (Å²) >= 11 is 5.77. The van der Waals surface area contributed by atoms with E-state index in [1.54, 1.807) is 25.1 Å². The molecule has 2 N–H and O–H groups in total. The van der Waals surface area contributed by atoms with Crippen LogP contribution < -0.4 is 5.32 Å². The summed E-state index contributed by atoms with van der Waals surface area (Å²) in [6, 6.07) is 5.17. The quantitative estimate of drug-likeness (QED) is 0.605. The normalized spacial score (nSPS) is 10.2. The highest BCUT2D eigenvalue weighted by Crippen LogP contribution is 2.26. The van der Waals surface area contributed by atoms with Crippen LogP contribution in [0.1, 0.15) is 18.9 Å². The van der Waals surface area contributed by atoms with Crippen molar-refractivity contribution >= 4 is 17.6 Å². The molecule has 0 aliphatic heterocycles. The number of hydrogen-bond donors (Lipinski definition) is 2. The number of para-hydroxylation sites is 1. The number of ether oxygens (including phenoxy) is 1. The monoisotopic (exact) mass is 257 g/mol. The lowest BCUT2D eigenvalue weighted by molar-refractivity contribution is -0.142. The van der Waals surface area contributed by atoms with Crippen LogP contribution in [0.4, 0.5) is 0 Å². The van der Waals surface area contributed by atoms with Gasteiger partial charge in [-0.3, -0.25) is 4.79 Å². The predicted octanol–water partition coefficient (Wildman–Crippen LogP) is 2.09. The molecule has 0 amide bonds. The Morgan fingerprint density at radius 1 is 1.53 bits per heavy atom. The van der Waals surface area contributed by atoms with Gasteiger partial charge in [0.15, 0.2) is 0 Å². The Labute approximate surface area is 106 Å². The first kappa shape index (κ1) is 13.8. The number of rotatable bonds is 6. The van der Waals surface area contributed by atoms with E-state index in [1.807, 2.05) is 0 Å². The minimum Gasteiger partial charge on any atom is -0.506 e. The third-order valence-corrected chi connectivity index (χ3v) is 2.50. The molecule has 0 aromatic heterocycles. The van der Waals surface area contributed by atoms with E-state index < -0.39 is 0 Å². The molecule has 0 saturated heterocycles. The van der Waals surface area contributed by atoms with Gasteiger partial charge in [0.2, 0.25) is 0 Å². The van der Waals surface area contributed by atoms with Crippen molar-refractivity contribution in [3.63, 3.8) is 0 Å². The lowest BCUT2D eigenvalue weighted by Gasteiger charge is -2.07. The predicted molar refractivity (Wildman–Crippen MR) is 66.1 cm³/mol. The minimum absolute atomic E-state index is 0.0813. The van der Waals surface area contributed by atoms with Gasteiger partial charge in [-0.2, -0.15) is 0 Å². The van der Waals surface area contributed by atoms with Gasteiger partial charge in [0.25, 0.3) is 0 Å². The van der Waals surface area contributed by atoms with Gasteiger partial charge in [0.1, 0.15) is 5.75 Å². The first-order valence-electron chi connectivity index (χ1n) is 5.47. The number of halogens is 1. The second kappa shape index (κ2) is 7.14. The van der Waals surface area contributed by atoms with E-state index in [0.717, 1.165) is 0 Å². The van der Waals surface area contributed by atoms with Crippen molar-refractivity contribution in [3.05, 3.63) is 28.8 Å². The highest BCUT2D eigenvalue weighted by Gasteiger charge is 2.05. The third kappa shape index (κ3) is 4.63. The van der Waals surface area contributed by atoms with Crippen LogP contribution >= 0.6 is 11.6 Å². The lowest BCUT2D eigenvalue weighted by atomic mass is 10.2. The molecule has 4 nitrogen and oxygen atoms in total. The second-order valence-electron chi connectivity index (χ2n) is 3.48. The standard InChI is InChI=1S/C12H16ClNO3/c1-2-17-11(15)6-7-14-8-9-4-3-5-10(13)12(9)16/h3-5,14,16H,2,6-8H2,1H3. The summed E-state index contributed by atoms with van der Waals surface area (Å²) in [5.74, 6) is -0.145. The van der Waals surface area contributed by atoms with Gasteiger partial charge in [0, 0.05) is 18.7 Å². The Morgan fingerprint density at radius 2 is 2.29 bits per heavy atom. The molecule has 5 heteroatoms. The lowest BCUT2D eigenvalue weighted by Crippen LogP contribution is -2.19. The summed E-state index contributed by atoms with van der Waals surface area (Å²) in [5, 5.41) is 13.0. The average Bonchev–Trinajstić information content (AvgIpc) is 2.30. The van der Waals surface area contributed by atoms with Crippen LogP contribution in [-0.2, 0) is 16.1 Å². The number of nitrogens with one attached hydrogen (secondary N) is 1. The molecule has 0 aliphatic carbocycles. The molecule has 0 bridgehead atoms. The smallest absolute Gasteiger partial charge is 0.307 e. The SMILES string of the molecule is CCOC(=O)CCNCc1cccc(Cl)c1O. The number of phenols is 1. The number of aromatic hydroxyl groups is 1. The van der Waals surface area contributed by atoms with E-state index in [9.17, 15) is 9.90 Å². The van der Waals surface area contributed by atoms with Crippen LogP contribution in [0.5, 0.6) is 5.75 Å². The van der Waals surface area contributed by atoms with Gasteiger partial charge in [-0.1, -0.05) is 23.7 Å². The molecular formula is C12H16ClNO3. The first-order chi connectivity index (χ1) is 8.15. The zero-order chi connectivity index (χ0) is 12.7. The number of benzene rings is 1. The van der Waals surface area contributed by atoms with Crippen molar-refractivity contribution in [1.29, 1.82) is 0 Å². The summed E-state index contributed by atoms with van der Waals surface area (Å²) in [5.41, 5.74) is 0.710. The molecule has 1 aromatic carbocycles. The average molecular weight is 258 g/mol. The van der Waals surface area contributed by atoms with Crippen molar-refractivity contribution in [2.45, 2.75) is 19.9 Å². The maximum absolute atomic E-state index is 11.0. The topological polar surface area (TPSA) is 58.6 Å². The van der Waals surface area contributed by atoms with Crippen molar-refractivity contribution in [2.24, 2.45) is 0 Å². The summed E-state index contributed by atoms with van der Waals surface area (Å²) in [7, 11) is 0. The summed E-state index contributed by atoms with van der Waals surface area (Å²) in [6.45, 7) is 3.14. The zero-order valence-electron chi connectivity index (χ0n) is 9.70. The van der Waals surface area contributed by atoms with Gasteiger partial charge in [-0.25, -0.2) is 0 Å². The maximum Gasteiger partial charge on any atom is 0.307 e. The van der Waals surface area contributed by atoms with Crippen molar-refractivity contribution < 1.29 is 14.6 Å². The van der Waals surface area contributed by atoms with E-state index >= 15 is 0 Å². The van der Waals surface area contributed by atoms with Crippen molar-refractivity contribution in [1.82, 2.24) is 5.32 Å². The second-order valence-corrected chi connectivity index (χ2v) is 3.89. The fourth-order valence-electron chi connectivity index (χ4n) is 1.35. The molecule has 0 saturated carbocycles. The Hall–Kier alpha value is -1.26. The third-order valence-electron chi connectivity index (χ3n) is 2.20. The fraction of sp³-hybridized carbons (Fsp3) is 0.417. The Morgan fingerprint density at radius 3 is 3.00 bits per heavy atom. The number of carbonyl (C=O) groups excluding carboxylic acids is 1. The molecule has 0 aliphatic rings. The molecule has 0 atom stereocenters. The molecular weight excluding hydrogens is 242 g/mol. The van der Waals surface area contributed by atoms with E-state index in [0.29, 0.717) is 36.7 Å². The first-order valence-corrected chi connectivity index (χ1v) is 5.85. The van der Waals surface area contributed by atoms with Crippen molar-refractivity contribution in [2.75, 3.05) is 13.2 Å². The largest absolute Gasteiger partial charge is 0.506 e. The molecule has 1 aromatic rings. The van der Waals surface area contributed by atoms with E-state index in [4.69, 9.17) is 16.3 Å². The van der Waals surface area contributed by atoms with Gasteiger partial charge in [-0.15, -0.1) is 0 Å². The van der Waals surface area contributed by atoms with Crippen LogP contribution in [-0.4, -0.2) is 24.2 Å². The van der Waals surface area contributed by atoms with E-state index in [1.165, 1.54) is 0 Å². The molecule has 0 radical (unpaired) electrons.